The summed E-state index contributed by atoms with van der Waals surface area (Å²) in [6.45, 7) is 6.94. The van der Waals surface area contributed by atoms with Crippen molar-refractivity contribution in [2.45, 2.75) is 32.7 Å². The Bertz CT molecular complexity index is 485. The van der Waals surface area contributed by atoms with Gasteiger partial charge in [0.05, 0.1) is 19.7 Å². The molecule has 1 N–H and O–H groups in total. The number of nitrogens with one attached hydrogen (secondary N) is 1. The van der Waals surface area contributed by atoms with Gasteiger partial charge in [0.25, 0.3) is 0 Å². The van der Waals surface area contributed by atoms with Crippen LogP contribution in [0.15, 0.2) is 29.3 Å². The monoisotopic (exact) mass is 334 g/mol. The van der Waals surface area contributed by atoms with Crippen molar-refractivity contribution in [3.63, 3.8) is 0 Å². The molecule has 5 heteroatoms. The summed E-state index contributed by atoms with van der Waals surface area (Å²) < 4.78 is 5.25. The normalized spacial score (nSPS) is 13.0. The van der Waals surface area contributed by atoms with Crippen LogP contribution >= 0.6 is 0 Å². The smallest absolute Gasteiger partial charge is 0.193 e. The maximum atomic E-state index is 5.25. The van der Waals surface area contributed by atoms with Crippen LogP contribution in [0.5, 0.6) is 5.75 Å². The molecule has 0 aliphatic carbocycles. The molecule has 1 unspecified atom stereocenters. The molecule has 136 valence electrons. The third kappa shape index (κ3) is 6.40. The first-order valence-electron chi connectivity index (χ1n) is 8.83. The average molecular weight is 335 g/mol. The lowest BCUT2D eigenvalue weighted by atomic mass is 10.1. The lowest BCUT2D eigenvalue weighted by Gasteiger charge is -2.26. The Balaban J connectivity index is 2.87. The number of benzene rings is 1. The standard InChI is InChI=1S/C19H34N4O/c1-7-9-14-23(5)19(20-8-2)21-15-18(22(3)4)16-10-12-17(24-6)13-11-16/h10-13,18H,7-9,14-15H2,1-6H3,(H,20,21). The molecule has 0 bridgehead atoms. The SMILES string of the molecule is CCCCN(C)C(=NCC(c1ccc(OC)cc1)N(C)C)NCC. The average Bonchev–Trinajstić information content (AvgIpc) is 2.59. The molecule has 0 saturated heterocycles. The molecular formula is C19H34N4O. The molecule has 0 fully saturated rings. The number of methoxy groups -OCH3 is 1. The number of hydrogen-bond acceptors (Lipinski definition) is 3. The minimum Gasteiger partial charge on any atom is -0.497 e. The van der Waals surface area contributed by atoms with Crippen molar-refractivity contribution in [2.24, 2.45) is 4.99 Å². The van der Waals surface area contributed by atoms with Crippen LogP contribution in [0.3, 0.4) is 0 Å². The van der Waals surface area contributed by atoms with Gasteiger partial charge in [-0.25, -0.2) is 0 Å². The van der Waals surface area contributed by atoms with Gasteiger partial charge < -0.3 is 19.9 Å². The van der Waals surface area contributed by atoms with E-state index in [-0.39, 0.29) is 6.04 Å². The molecular weight excluding hydrogens is 300 g/mol. The van der Waals surface area contributed by atoms with Crippen molar-refractivity contribution in [1.29, 1.82) is 0 Å². The van der Waals surface area contributed by atoms with E-state index in [0.717, 1.165) is 31.3 Å². The highest BCUT2D eigenvalue weighted by molar-refractivity contribution is 5.79. The van der Waals surface area contributed by atoms with E-state index in [2.05, 4.69) is 62.2 Å². The van der Waals surface area contributed by atoms with E-state index in [1.807, 2.05) is 12.1 Å². The molecule has 0 aromatic heterocycles. The highest BCUT2D eigenvalue weighted by atomic mass is 16.5. The molecule has 1 atom stereocenters. The van der Waals surface area contributed by atoms with Gasteiger partial charge in [0.15, 0.2) is 5.96 Å². The molecule has 0 amide bonds. The topological polar surface area (TPSA) is 40.1 Å². The second-order valence-electron chi connectivity index (χ2n) is 6.22. The first-order valence-corrected chi connectivity index (χ1v) is 8.83. The van der Waals surface area contributed by atoms with Gasteiger partial charge in [-0.1, -0.05) is 25.5 Å². The highest BCUT2D eigenvalue weighted by Crippen LogP contribution is 2.21. The van der Waals surface area contributed by atoms with E-state index < -0.39 is 0 Å². The summed E-state index contributed by atoms with van der Waals surface area (Å²) in [4.78, 5) is 9.29. The van der Waals surface area contributed by atoms with Crippen LogP contribution in [-0.2, 0) is 0 Å². The molecule has 1 aromatic rings. The Hall–Kier alpha value is -1.75. The third-order valence-corrected chi connectivity index (χ3v) is 4.08. The molecule has 0 saturated carbocycles. The number of rotatable bonds is 9. The van der Waals surface area contributed by atoms with Gasteiger partial charge in [-0.15, -0.1) is 0 Å². The lowest BCUT2D eigenvalue weighted by Crippen LogP contribution is -2.40. The molecule has 1 rings (SSSR count). The number of guanidine groups is 1. The molecule has 1 aromatic carbocycles. The lowest BCUT2D eigenvalue weighted by molar-refractivity contribution is 0.305. The fraction of sp³-hybridized carbons (Fsp3) is 0.632. The first-order chi connectivity index (χ1) is 11.5. The van der Waals surface area contributed by atoms with Gasteiger partial charge in [-0.3, -0.25) is 4.99 Å². The van der Waals surface area contributed by atoms with Gasteiger partial charge >= 0.3 is 0 Å². The van der Waals surface area contributed by atoms with Gasteiger partial charge in [0.1, 0.15) is 5.75 Å². The second-order valence-corrected chi connectivity index (χ2v) is 6.22. The first kappa shape index (κ1) is 20.3. The predicted molar refractivity (Wildman–Crippen MR) is 103 cm³/mol. The summed E-state index contributed by atoms with van der Waals surface area (Å²) in [6, 6.07) is 8.49. The Morgan fingerprint density at radius 3 is 2.33 bits per heavy atom. The van der Waals surface area contributed by atoms with E-state index in [1.54, 1.807) is 7.11 Å². The Labute approximate surface area is 147 Å². The van der Waals surface area contributed by atoms with Crippen LogP contribution in [0.1, 0.15) is 38.3 Å². The van der Waals surface area contributed by atoms with E-state index in [1.165, 1.54) is 18.4 Å². The van der Waals surface area contributed by atoms with Crippen molar-refractivity contribution in [3.05, 3.63) is 29.8 Å². The van der Waals surface area contributed by atoms with Crippen LogP contribution in [0.4, 0.5) is 0 Å². The summed E-state index contributed by atoms with van der Waals surface area (Å²) in [5, 5.41) is 3.39. The summed E-state index contributed by atoms with van der Waals surface area (Å²) in [7, 11) is 7.99. The minimum atomic E-state index is 0.240. The fourth-order valence-electron chi connectivity index (χ4n) is 2.54. The van der Waals surface area contributed by atoms with Crippen molar-refractivity contribution < 1.29 is 4.74 Å². The van der Waals surface area contributed by atoms with Crippen LogP contribution in [0.25, 0.3) is 0 Å². The van der Waals surface area contributed by atoms with E-state index in [0.29, 0.717) is 0 Å². The number of nitrogens with zero attached hydrogens (tertiary/aromatic N) is 3. The molecule has 0 aliphatic rings. The molecule has 0 heterocycles. The van der Waals surface area contributed by atoms with Crippen molar-refractivity contribution in [1.82, 2.24) is 15.1 Å². The van der Waals surface area contributed by atoms with Crippen molar-refractivity contribution in [2.75, 3.05) is 47.9 Å². The van der Waals surface area contributed by atoms with Gasteiger partial charge in [0.2, 0.25) is 0 Å². The maximum Gasteiger partial charge on any atom is 0.193 e. The Kier molecular flexibility index (Phi) is 9.23. The number of aliphatic imine (C=N–C) groups is 1. The van der Waals surface area contributed by atoms with E-state index >= 15 is 0 Å². The summed E-state index contributed by atoms with van der Waals surface area (Å²) in [6.07, 6.45) is 2.37. The summed E-state index contributed by atoms with van der Waals surface area (Å²) in [5.74, 6) is 1.86. The van der Waals surface area contributed by atoms with E-state index in [9.17, 15) is 0 Å². The van der Waals surface area contributed by atoms with Crippen LogP contribution < -0.4 is 10.1 Å². The zero-order valence-electron chi connectivity index (χ0n) is 16.2. The Morgan fingerprint density at radius 2 is 1.83 bits per heavy atom. The van der Waals surface area contributed by atoms with Gasteiger partial charge in [0, 0.05) is 20.1 Å². The molecule has 24 heavy (non-hydrogen) atoms. The molecule has 0 aliphatic heterocycles. The van der Waals surface area contributed by atoms with E-state index in [4.69, 9.17) is 9.73 Å². The maximum absolute atomic E-state index is 5.25. The number of unbranched alkanes of at least 4 members (excludes halogenated alkanes) is 1. The fourth-order valence-corrected chi connectivity index (χ4v) is 2.54. The van der Waals surface area contributed by atoms with Crippen molar-refractivity contribution >= 4 is 5.96 Å². The number of likely N-dealkylation sites (N-methyl/N-ethyl adjacent to an activating group) is 1. The van der Waals surface area contributed by atoms with Gasteiger partial charge in [-0.05, 0) is 45.1 Å². The quantitative estimate of drug-likeness (QED) is 0.557. The second kappa shape index (κ2) is 10.9. The summed E-state index contributed by atoms with van der Waals surface area (Å²) >= 11 is 0. The third-order valence-electron chi connectivity index (χ3n) is 4.08. The molecule has 0 spiro atoms. The predicted octanol–water partition coefficient (Wildman–Crippen LogP) is 3.00. The summed E-state index contributed by atoms with van der Waals surface area (Å²) in [5.41, 5.74) is 1.25. The zero-order valence-corrected chi connectivity index (χ0v) is 16.2. The van der Waals surface area contributed by atoms with Gasteiger partial charge in [-0.2, -0.15) is 0 Å². The Morgan fingerprint density at radius 1 is 1.17 bits per heavy atom. The van der Waals surface area contributed by atoms with Crippen LogP contribution in [-0.4, -0.2) is 63.6 Å². The highest BCUT2D eigenvalue weighted by Gasteiger charge is 2.15. The minimum absolute atomic E-state index is 0.240. The molecule has 0 radical (unpaired) electrons. The largest absolute Gasteiger partial charge is 0.497 e. The van der Waals surface area contributed by atoms with Crippen molar-refractivity contribution in [3.8, 4) is 5.75 Å². The zero-order chi connectivity index (χ0) is 17.9. The molecule has 5 nitrogen and oxygen atoms in total. The number of hydrogen-bond donors (Lipinski definition) is 1. The van der Waals surface area contributed by atoms with Crippen LogP contribution in [0, 0.1) is 0 Å². The number of ether oxygens (including phenoxy) is 1. The van der Waals surface area contributed by atoms with Crippen LogP contribution in [0.2, 0.25) is 0 Å².